The van der Waals surface area contributed by atoms with Crippen molar-refractivity contribution < 1.29 is 9.21 Å². The van der Waals surface area contributed by atoms with Crippen LogP contribution in [0.2, 0.25) is 0 Å². The molecule has 132 valence electrons. The van der Waals surface area contributed by atoms with Crippen LogP contribution in [-0.4, -0.2) is 34.2 Å². The molecular formula is C19H19N5O2. The molecule has 1 saturated heterocycles. The molecule has 1 unspecified atom stereocenters. The van der Waals surface area contributed by atoms with Crippen molar-refractivity contribution >= 4 is 17.4 Å². The van der Waals surface area contributed by atoms with Crippen LogP contribution in [0.5, 0.6) is 0 Å². The van der Waals surface area contributed by atoms with Crippen LogP contribution in [0.25, 0.3) is 11.5 Å². The van der Waals surface area contributed by atoms with Crippen molar-refractivity contribution in [2.24, 2.45) is 5.92 Å². The number of hydrogen-bond acceptors (Lipinski definition) is 6. The number of anilines is 2. The van der Waals surface area contributed by atoms with Gasteiger partial charge in [-0.05, 0) is 49.2 Å². The largest absolute Gasteiger partial charge is 0.463 e. The van der Waals surface area contributed by atoms with Crippen molar-refractivity contribution in [1.29, 1.82) is 0 Å². The van der Waals surface area contributed by atoms with Crippen molar-refractivity contribution in [3.8, 4) is 11.5 Å². The molecule has 1 aliphatic rings. The molecule has 0 saturated carbocycles. The molecule has 0 spiro atoms. The number of rotatable bonds is 4. The summed E-state index contributed by atoms with van der Waals surface area (Å²) in [5.41, 5.74) is 1.42. The Labute approximate surface area is 151 Å². The van der Waals surface area contributed by atoms with Gasteiger partial charge in [0.05, 0.1) is 24.1 Å². The minimum atomic E-state index is -0.0875. The van der Waals surface area contributed by atoms with Gasteiger partial charge in [0.25, 0.3) is 0 Å². The summed E-state index contributed by atoms with van der Waals surface area (Å²) in [6, 6.07) is 11.1. The summed E-state index contributed by atoms with van der Waals surface area (Å²) in [6.45, 7) is 1.49. The molecule has 1 fully saturated rings. The molecule has 3 aromatic rings. The van der Waals surface area contributed by atoms with Crippen molar-refractivity contribution in [3.05, 3.63) is 55.1 Å². The zero-order valence-corrected chi connectivity index (χ0v) is 14.2. The van der Waals surface area contributed by atoms with Gasteiger partial charge in [0.2, 0.25) is 5.91 Å². The Morgan fingerprint density at radius 2 is 2.15 bits per heavy atom. The second-order valence-corrected chi connectivity index (χ2v) is 6.27. The maximum absolute atomic E-state index is 12.5. The first-order valence-electron chi connectivity index (χ1n) is 8.63. The molecule has 7 heteroatoms. The van der Waals surface area contributed by atoms with Gasteiger partial charge in [-0.25, -0.2) is 0 Å². The fraction of sp³-hybridized carbons (Fsp3) is 0.263. The molecule has 3 aromatic heterocycles. The molecule has 7 nitrogen and oxygen atoms in total. The third-order valence-electron chi connectivity index (χ3n) is 4.47. The van der Waals surface area contributed by atoms with E-state index in [4.69, 9.17) is 4.42 Å². The van der Waals surface area contributed by atoms with Gasteiger partial charge in [-0.3, -0.25) is 9.78 Å². The van der Waals surface area contributed by atoms with E-state index >= 15 is 0 Å². The normalized spacial score (nSPS) is 17.1. The Bertz CT molecular complexity index is 849. The van der Waals surface area contributed by atoms with E-state index in [0.717, 1.165) is 30.9 Å². The topological polar surface area (TPSA) is 84.2 Å². The summed E-state index contributed by atoms with van der Waals surface area (Å²) in [6.07, 6.45) is 6.74. The second kappa shape index (κ2) is 7.35. The minimum absolute atomic E-state index is 0.0165. The van der Waals surface area contributed by atoms with Gasteiger partial charge in [-0.2, -0.15) is 0 Å². The number of piperidine rings is 1. The van der Waals surface area contributed by atoms with Gasteiger partial charge in [-0.1, -0.05) is 0 Å². The third kappa shape index (κ3) is 3.56. The number of carbonyl (C=O) groups is 1. The van der Waals surface area contributed by atoms with E-state index in [1.54, 1.807) is 24.7 Å². The van der Waals surface area contributed by atoms with E-state index in [-0.39, 0.29) is 11.8 Å². The lowest BCUT2D eigenvalue weighted by Crippen LogP contribution is -2.41. The molecule has 4 rings (SSSR count). The Balaban J connectivity index is 1.42. The third-order valence-corrected chi connectivity index (χ3v) is 4.47. The number of amides is 1. The molecule has 1 N–H and O–H groups in total. The van der Waals surface area contributed by atoms with Gasteiger partial charge in [0, 0.05) is 19.3 Å². The first-order chi connectivity index (χ1) is 12.8. The highest BCUT2D eigenvalue weighted by molar-refractivity contribution is 5.92. The predicted molar refractivity (Wildman–Crippen MR) is 97.5 cm³/mol. The van der Waals surface area contributed by atoms with Crippen LogP contribution >= 0.6 is 0 Å². The zero-order chi connectivity index (χ0) is 17.8. The Kier molecular flexibility index (Phi) is 4.59. The lowest BCUT2D eigenvalue weighted by molar-refractivity contribution is -0.120. The maximum Gasteiger partial charge on any atom is 0.229 e. The summed E-state index contributed by atoms with van der Waals surface area (Å²) in [4.78, 5) is 18.7. The summed E-state index contributed by atoms with van der Waals surface area (Å²) < 4.78 is 5.34. The Hall–Kier alpha value is -3.22. The van der Waals surface area contributed by atoms with E-state index in [1.807, 2.05) is 30.3 Å². The number of pyridine rings is 1. The quantitative estimate of drug-likeness (QED) is 0.779. The van der Waals surface area contributed by atoms with E-state index in [9.17, 15) is 4.79 Å². The standard InChI is InChI=1S/C19H19N5O2/c25-19(21-15-5-1-9-20-12-15)14-4-2-10-24(13-14)18-8-7-16(22-23-18)17-6-3-11-26-17/h1,3,5-9,11-12,14H,2,4,10,13H2,(H,21,25). The minimum Gasteiger partial charge on any atom is -0.463 e. The smallest absolute Gasteiger partial charge is 0.229 e. The molecule has 4 heterocycles. The van der Waals surface area contributed by atoms with Gasteiger partial charge >= 0.3 is 0 Å². The number of nitrogens with zero attached hydrogens (tertiary/aromatic N) is 4. The predicted octanol–water partition coefficient (Wildman–Crippen LogP) is 2.99. The molecule has 1 atom stereocenters. The van der Waals surface area contributed by atoms with Gasteiger partial charge < -0.3 is 14.6 Å². The SMILES string of the molecule is O=C(Nc1cccnc1)C1CCCN(c2ccc(-c3ccco3)nn2)C1. The monoisotopic (exact) mass is 349 g/mol. The molecule has 0 bridgehead atoms. The summed E-state index contributed by atoms with van der Waals surface area (Å²) in [5, 5.41) is 11.5. The average Bonchev–Trinajstić information content (AvgIpc) is 3.24. The fourth-order valence-corrected chi connectivity index (χ4v) is 3.13. The van der Waals surface area contributed by atoms with Crippen LogP contribution in [-0.2, 0) is 4.79 Å². The highest BCUT2D eigenvalue weighted by Crippen LogP contribution is 2.24. The second-order valence-electron chi connectivity index (χ2n) is 6.27. The van der Waals surface area contributed by atoms with Crippen LogP contribution in [0, 0.1) is 5.92 Å². The van der Waals surface area contributed by atoms with Gasteiger partial charge in [0.1, 0.15) is 5.69 Å². The van der Waals surface area contributed by atoms with Crippen LogP contribution < -0.4 is 10.2 Å². The van der Waals surface area contributed by atoms with Gasteiger partial charge in [-0.15, -0.1) is 10.2 Å². The summed E-state index contributed by atoms with van der Waals surface area (Å²) in [7, 11) is 0. The average molecular weight is 349 g/mol. The lowest BCUT2D eigenvalue weighted by Gasteiger charge is -2.32. The van der Waals surface area contributed by atoms with E-state index < -0.39 is 0 Å². The first kappa shape index (κ1) is 16.3. The number of furan rings is 1. The van der Waals surface area contributed by atoms with Crippen LogP contribution in [0.3, 0.4) is 0 Å². The molecule has 1 aliphatic heterocycles. The van der Waals surface area contributed by atoms with Crippen LogP contribution in [0.1, 0.15) is 12.8 Å². The van der Waals surface area contributed by atoms with Crippen molar-refractivity contribution in [1.82, 2.24) is 15.2 Å². The van der Waals surface area contributed by atoms with Crippen LogP contribution in [0.4, 0.5) is 11.5 Å². The summed E-state index contributed by atoms with van der Waals surface area (Å²) >= 11 is 0. The zero-order valence-electron chi connectivity index (χ0n) is 14.2. The molecule has 1 amide bonds. The van der Waals surface area contributed by atoms with E-state index in [1.165, 1.54) is 0 Å². The first-order valence-corrected chi connectivity index (χ1v) is 8.63. The molecule has 26 heavy (non-hydrogen) atoms. The fourth-order valence-electron chi connectivity index (χ4n) is 3.13. The van der Waals surface area contributed by atoms with Crippen LogP contribution in [0.15, 0.2) is 59.5 Å². The Morgan fingerprint density at radius 1 is 1.19 bits per heavy atom. The van der Waals surface area contributed by atoms with Gasteiger partial charge in [0.15, 0.2) is 11.6 Å². The Morgan fingerprint density at radius 3 is 2.88 bits per heavy atom. The van der Waals surface area contributed by atoms with Crippen molar-refractivity contribution in [3.63, 3.8) is 0 Å². The molecular weight excluding hydrogens is 330 g/mol. The number of aromatic nitrogens is 3. The molecule has 0 aliphatic carbocycles. The maximum atomic E-state index is 12.5. The number of carbonyl (C=O) groups excluding carboxylic acids is 1. The van der Waals surface area contributed by atoms with Crippen molar-refractivity contribution in [2.75, 3.05) is 23.3 Å². The van der Waals surface area contributed by atoms with E-state index in [2.05, 4.69) is 25.4 Å². The lowest BCUT2D eigenvalue weighted by atomic mass is 9.97. The molecule has 0 aromatic carbocycles. The van der Waals surface area contributed by atoms with Crippen molar-refractivity contribution in [2.45, 2.75) is 12.8 Å². The number of nitrogens with one attached hydrogen (secondary N) is 1. The summed E-state index contributed by atoms with van der Waals surface area (Å²) in [5.74, 6) is 1.40. The molecule has 0 radical (unpaired) electrons. The highest BCUT2D eigenvalue weighted by Gasteiger charge is 2.27. The highest BCUT2D eigenvalue weighted by atomic mass is 16.3. The number of hydrogen-bond donors (Lipinski definition) is 1. The van der Waals surface area contributed by atoms with E-state index in [0.29, 0.717) is 18.0 Å².